The minimum atomic E-state index is 0.751. The van der Waals surface area contributed by atoms with E-state index < -0.39 is 0 Å². The Morgan fingerprint density at radius 3 is 3.00 bits per heavy atom. The van der Waals surface area contributed by atoms with E-state index in [2.05, 4.69) is 17.1 Å². The summed E-state index contributed by atoms with van der Waals surface area (Å²) in [6.45, 7) is 2.07. The molecule has 2 rings (SSSR count). The van der Waals surface area contributed by atoms with Crippen molar-refractivity contribution in [3.8, 4) is 0 Å². The maximum Gasteiger partial charge on any atom is 0.0867 e. The minimum Gasteiger partial charge on any atom is -0.411 e. The van der Waals surface area contributed by atoms with Gasteiger partial charge in [-0.3, -0.25) is 0 Å². The molecule has 78 valence electrons. The van der Waals surface area contributed by atoms with Crippen molar-refractivity contribution in [1.82, 2.24) is 4.98 Å². The summed E-state index contributed by atoms with van der Waals surface area (Å²) in [5.41, 5.74) is 2.85. The molecule has 1 aromatic heterocycles. The molecule has 1 aromatic carbocycles. The molecular weight excluding hydrogens is 188 g/mol. The van der Waals surface area contributed by atoms with Crippen LogP contribution in [0.25, 0.3) is 10.9 Å². The van der Waals surface area contributed by atoms with Gasteiger partial charge < -0.3 is 10.2 Å². The first-order chi connectivity index (χ1) is 7.35. The molecule has 2 N–H and O–H groups in total. The summed E-state index contributed by atoms with van der Waals surface area (Å²) < 4.78 is 0. The molecule has 0 fully saturated rings. The summed E-state index contributed by atoms with van der Waals surface area (Å²) >= 11 is 0. The van der Waals surface area contributed by atoms with Gasteiger partial charge in [-0.1, -0.05) is 24.6 Å². The quantitative estimate of drug-likeness (QED) is 0.448. The Morgan fingerprint density at radius 2 is 2.27 bits per heavy atom. The largest absolute Gasteiger partial charge is 0.411 e. The van der Waals surface area contributed by atoms with E-state index in [4.69, 9.17) is 5.21 Å². The van der Waals surface area contributed by atoms with Gasteiger partial charge in [0.1, 0.15) is 0 Å². The van der Waals surface area contributed by atoms with Crippen LogP contribution in [-0.4, -0.2) is 15.9 Å². The summed E-state index contributed by atoms with van der Waals surface area (Å²) in [5, 5.41) is 13.4. The second-order valence-electron chi connectivity index (χ2n) is 3.58. The van der Waals surface area contributed by atoms with E-state index in [0.29, 0.717) is 0 Å². The lowest BCUT2D eigenvalue weighted by Gasteiger charge is -2.02. The number of benzene rings is 1. The standard InChI is InChI=1S/C12H14N2O/c1-2-3-12(14-15)9-4-5-11-10(8-9)6-7-13-11/h4-8,13,15H,2-3H2,1H3/b14-12+. The fourth-order valence-electron chi connectivity index (χ4n) is 1.72. The van der Waals surface area contributed by atoms with Gasteiger partial charge in [-0.05, 0) is 24.6 Å². The van der Waals surface area contributed by atoms with Crippen LogP contribution in [0.5, 0.6) is 0 Å². The van der Waals surface area contributed by atoms with Crippen LogP contribution in [-0.2, 0) is 0 Å². The van der Waals surface area contributed by atoms with Gasteiger partial charge in [-0.15, -0.1) is 0 Å². The van der Waals surface area contributed by atoms with Crippen molar-refractivity contribution >= 4 is 16.6 Å². The van der Waals surface area contributed by atoms with Gasteiger partial charge in [0, 0.05) is 22.7 Å². The van der Waals surface area contributed by atoms with E-state index >= 15 is 0 Å². The van der Waals surface area contributed by atoms with Gasteiger partial charge in [-0.2, -0.15) is 0 Å². The third-order valence-corrected chi connectivity index (χ3v) is 2.49. The average molecular weight is 202 g/mol. The van der Waals surface area contributed by atoms with E-state index in [1.165, 1.54) is 0 Å². The molecule has 0 bridgehead atoms. The van der Waals surface area contributed by atoms with Crippen molar-refractivity contribution < 1.29 is 5.21 Å². The van der Waals surface area contributed by atoms with Crippen LogP contribution in [0.1, 0.15) is 25.3 Å². The monoisotopic (exact) mass is 202 g/mol. The molecule has 0 saturated heterocycles. The fourth-order valence-corrected chi connectivity index (χ4v) is 1.72. The number of nitrogens with one attached hydrogen (secondary N) is 1. The zero-order chi connectivity index (χ0) is 10.7. The highest BCUT2D eigenvalue weighted by molar-refractivity contribution is 6.02. The van der Waals surface area contributed by atoms with Crippen molar-refractivity contribution in [2.24, 2.45) is 5.16 Å². The second kappa shape index (κ2) is 4.17. The third-order valence-electron chi connectivity index (χ3n) is 2.49. The Bertz CT molecular complexity index is 485. The number of aromatic nitrogens is 1. The Morgan fingerprint density at radius 1 is 1.40 bits per heavy atom. The average Bonchev–Trinajstić information content (AvgIpc) is 2.72. The first-order valence-corrected chi connectivity index (χ1v) is 5.13. The number of hydrogen-bond donors (Lipinski definition) is 2. The number of H-pyrrole nitrogens is 1. The number of hydrogen-bond acceptors (Lipinski definition) is 2. The first kappa shape index (κ1) is 9.77. The lowest BCUT2D eigenvalue weighted by molar-refractivity contribution is 0.318. The van der Waals surface area contributed by atoms with Gasteiger partial charge in [0.05, 0.1) is 5.71 Å². The highest BCUT2D eigenvalue weighted by Gasteiger charge is 2.04. The summed E-state index contributed by atoms with van der Waals surface area (Å²) in [5.74, 6) is 0. The zero-order valence-corrected chi connectivity index (χ0v) is 8.70. The maximum absolute atomic E-state index is 8.91. The molecule has 0 radical (unpaired) electrons. The second-order valence-corrected chi connectivity index (χ2v) is 3.58. The number of rotatable bonds is 3. The van der Waals surface area contributed by atoms with Crippen LogP contribution < -0.4 is 0 Å². The molecular formula is C12H14N2O. The van der Waals surface area contributed by atoms with Crippen molar-refractivity contribution in [3.05, 3.63) is 36.0 Å². The summed E-state index contributed by atoms with van der Waals surface area (Å²) in [6.07, 6.45) is 3.68. The minimum absolute atomic E-state index is 0.751. The van der Waals surface area contributed by atoms with Crippen LogP contribution in [0.4, 0.5) is 0 Å². The molecule has 1 heterocycles. The van der Waals surface area contributed by atoms with E-state index in [1.54, 1.807) is 0 Å². The molecule has 2 aromatic rings. The van der Waals surface area contributed by atoms with Crippen LogP contribution in [0, 0.1) is 0 Å². The number of fused-ring (bicyclic) bond motifs is 1. The number of nitrogens with zero attached hydrogens (tertiary/aromatic N) is 1. The van der Waals surface area contributed by atoms with E-state index in [-0.39, 0.29) is 0 Å². The third kappa shape index (κ3) is 1.86. The van der Waals surface area contributed by atoms with E-state index in [0.717, 1.165) is 35.0 Å². The summed E-state index contributed by atoms with van der Waals surface area (Å²) in [7, 11) is 0. The van der Waals surface area contributed by atoms with Crippen LogP contribution in [0.3, 0.4) is 0 Å². The first-order valence-electron chi connectivity index (χ1n) is 5.13. The van der Waals surface area contributed by atoms with Crippen molar-refractivity contribution in [2.45, 2.75) is 19.8 Å². The molecule has 0 unspecified atom stereocenters. The van der Waals surface area contributed by atoms with Gasteiger partial charge in [0.15, 0.2) is 0 Å². The van der Waals surface area contributed by atoms with Gasteiger partial charge >= 0.3 is 0 Å². The van der Waals surface area contributed by atoms with Crippen molar-refractivity contribution in [2.75, 3.05) is 0 Å². The highest BCUT2D eigenvalue weighted by atomic mass is 16.4. The molecule has 3 heteroatoms. The van der Waals surface area contributed by atoms with Gasteiger partial charge in [-0.25, -0.2) is 0 Å². The predicted octanol–water partition coefficient (Wildman–Crippen LogP) is 3.15. The molecule has 0 aliphatic carbocycles. The SMILES string of the molecule is CCC/C(=N\O)c1ccc2[nH]ccc2c1. The fraction of sp³-hybridized carbons (Fsp3) is 0.250. The lowest BCUT2D eigenvalue weighted by atomic mass is 10.0. The van der Waals surface area contributed by atoms with Crippen molar-refractivity contribution in [1.29, 1.82) is 0 Å². The van der Waals surface area contributed by atoms with Crippen LogP contribution in [0.15, 0.2) is 35.6 Å². The topological polar surface area (TPSA) is 48.4 Å². The summed E-state index contributed by atoms with van der Waals surface area (Å²) in [6, 6.07) is 8.03. The molecule has 0 amide bonds. The van der Waals surface area contributed by atoms with E-state index in [9.17, 15) is 0 Å². The molecule has 0 saturated carbocycles. The Kier molecular flexibility index (Phi) is 2.72. The number of oxime groups is 1. The highest BCUT2D eigenvalue weighted by Crippen LogP contribution is 2.16. The molecule has 0 spiro atoms. The predicted molar refractivity (Wildman–Crippen MR) is 61.5 cm³/mol. The van der Waals surface area contributed by atoms with Crippen LogP contribution >= 0.6 is 0 Å². The molecule has 0 aliphatic rings. The molecule has 15 heavy (non-hydrogen) atoms. The van der Waals surface area contributed by atoms with Gasteiger partial charge in [0.2, 0.25) is 0 Å². The summed E-state index contributed by atoms with van der Waals surface area (Å²) in [4.78, 5) is 3.13. The molecule has 3 nitrogen and oxygen atoms in total. The zero-order valence-electron chi connectivity index (χ0n) is 8.70. The van der Waals surface area contributed by atoms with Crippen molar-refractivity contribution in [3.63, 3.8) is 0 Å². The maximum atomic E-state index is 8.91. The smallest absolute Gasteiger partial charge is 0.0867 e. The van der Waals surface area contributed by atoms with E-state index in [1.807, 2.05) is 30.5 Å². The van der Waals surface area contributed by atoms with Crippen LogP contribution in [0.2, 0.25) is 0 Å². The molecule has 0 atom stereocenters. The Balaban J connectivity index is 2.42. The number of aromatic amines is 1. The molecule has 0 aliphatic heterocycles. The normalized spacial score (nSPS) is 12.2. The van der Waals surface area contributed by atoms with Gasteiger partial charge in [0.25, 0.3) is 0 Å². The lowest BCUT2D eigenvalue weighted by Crippen LogP contribution is -1.99. The Labute approximate surface area is 88.4 Å². The Hall–Kier alpha value is -1.77.